The van der Waals surface area contributed by atoms with Crippen LogP contribution in [0.1, 0.15) is 15.9 Å². The maximum Gasteiger partial charge on any atom is 0.257 e. The quantitative estimate of drug-likeness (QED) is 0.681. The summed E-state index contributed by atoms with van der Waals surface area (Å²) in [5.74, 6) is 0.160. The third kappa shape index (κ3) is 4.17. The lowest BCUT2D eigenvalue weighted by molar-refractivity contribution is 0.0781. The molecule has 2 aromatic carbocycles. The highest BCUT2D eigenvalue weighted by Crippen LogP contribution is 2.45. The van der Waals surface area contributed by atoms with E-state index in [0.29, 0.717) is 27.3 Å². The van der Waals surface area contributed by atoms with Crippen molar-refractivity contribution >= 4 is 33.4 Å². The standard InChI is InChI=1S/C18H19BrClNO6/c1-21(18(24)10-6-11(20)13(23)7-12(10)22)8-9-5-14(25-2)16(26-3)17(27-4)15(9)19/h5-7,22-23H,8H2,1-4H3. The molecule has 0 aliphatic heterocycles. The van der Waals surface area contributed by atoms with Gasteiger partial charge in [-0.05, 0) is 33.6 Å². The second-order valence-electron chi connectivity index (χ2n) is 5.60. The Hall–Kier alpha value is -2.32. The fourth-order valence-corrected chi connectivity index (χ4v) is 3.29. The molecule has 0 saturated heterocycles. The lowest BCUT2D eigenvalue weighted by Crippen LogP contribution is -2.26. The van der Waals surface area contributed by atoms with Gasteiger partial charge in [0.2, 0.25) is 5.75 Å². The number of nitrogens with zero attached hydrogens (tertiary/aromatic N) is 1. The Morgan fingerprint density at radius 1 is 1.07 bits per heavy atom. The van der Waals surface area contributed by atoms with Crippen molar-refractivity contribution in [3.05, 3.63) is 38.8 Å². The molecule has 2 N–H and O–H groups in total. The second-order valence-corrected chi connectivity index (χ2v) is 6.80. The van der Waals surface area contributed by atoms with Crippen molar-refractivity contribution in [2.24, 2.45) is 0 Å². The highest BCUT2D eigenvalue weighted by atomic mass is 79.9. The molecule has 0 radical (unpaired) electrons. The summed E-state index contributed by atoms with van der Waals surface area (Å²) in [6.07, 6.45) is 0. The Morgan fingerprint density at radius 3 is 2.26 bits per heavy atom. The Labute approximate surface area is 170 Å². The molecule has 0 saturated carbocycles. The number of ether oxygens (including phenoxy) is 3. The van der Waals surface area contributed by atoms with Gasteiger partial charge in [0, 0.05) is 19.7 Å². The fraction of sp³-hybridized carbons (Fsp3) is 0.278. The molecule has 7 nitrogen and oxygen atoms in total. The van der Waals surface area contributed by atoms with Crippen LogP contribution in [0.2, 0.25) is 5.02 Å². The Morgan fingerprint density at radius 2 is 1.70 bits per heavy atom. The molecule has 0 heterocycles. The number of amides is 1. The summed E-state index contributed by atoms with van der Waals surface area (Å²) in [6.45, 7) is 0.175. The summed E-state index contributed by atoms with van der Waals surface area (Å²) < 4.78 is 16.6. The van der Waals surface area contributed by atoms with E-state index in [1.807, 2.05) is 0 Å². The second kappa shape index (κ2) is 8.58. The van der Waals surface area contributed by atoms with E-state index in [9.17, 15) is 15.0 Å². The first-order chi connectivity index (χ1) is 12.7. The van der Waals surface area contributed by atoms with Crippen molar-refractivity contribution in [1.82, 2.24) is 4.90 Å². The first-order valence-corrected chi connectivity index (χ1v) is 8.86. The summed E-state index contributed by atoms with van der Waals surface area (Å²) in [7, 11) is 6.06. The highest BCUT2D eigenvalue weighted by Gasteiger charge is 2.23. The van der Waals surface area contributed by atoms with Crippen LogP contribution in [0, 0.1) is 0 Å². The molecule has 0 fully saturated rings. The minimum Gasteiger partial charge on any atom is -0.507 e. The van der Waals surface area contributed by atoms with Crippen molar-refractivity contribution < 1.29 is 29.2 Å². The number of aromatic hydroxyl groups is 2. The number of phenols is 2. The van der Waals surface area contributed by atoms with Crippen molar-refractivity contribution in [2.75, 3.05) is 28.4 Å². The van der Waals surface area contributed by atoms with Crippen LogP contribution in [-0.4, -0.2) is 49.4 Å². The third-order valence-electron chi connectivity index (χ3n) is 3.89. The topological polar surface area (TPSA) is 88.5 Å². The molecule has 9 heteroatoms. The number of rotatable bonds is 6. The van der Waals surface area contributed by atoms with Gasteiger partial charge < -0.3 is 29.3 Å². The molecular formula is C18H19BrClNO6. The Balaban J connectivity index is 2.39. The van der Waals surface area contributed by atoms with E-state index in [1.54, 1.807) is 13.1 Å². The number of hydrogen-bond acceptors (Lipinski definition) is 6. The molecule has 0 aromatic heterocycles. The first kappa shape index (κ1) is 21.0. The van der Waals surface area contributed by atoms with E-state index >= 15 is 0 Å². The van der Waals surface area contributed by atoms with Gasteiger partial charge >= 0.3 is 0 Å². The number of halogens is 2. The van der Waals surface area contributed by atoms with Gasteiger partial charge in [0.05, 0.1) is 36.4 Å². The molecule has 0 spiro atoms. The predicted octanol–water partition coefficient (Wildman–Crippen LogP) is 3.81. The zero-order valence-electron chi connectivity index (χ0n) is 15.2. The van der Waals surface area contributed by atoms with Crippen LogP contribution in [0.3, 0.4) is 0 Å². The largest absolute Gasteiger partial charge is 0.507 e. The fourth-order valence-electron chi connectivity index (χ4n) is 2.54. The van der Waals surface area contributed by atoms with Gasteiger partial charge in [-0.15, -0.1) is 0 Å². The molecule has 0 atom stereocenters. The molecule has 2 rings (SSSR count). The molecule has 0 bridgehead atoms. The van der Waals surface area contributed by atoms with Crippen molar-refractivity contribution in [2.45, 2.75) is 6.54 Å². The van der Waals surface area contributed by atoms with E-state index < -0.39 is 5.91 Å². The van der Waals surface area contributed by atoms with Crippen LogP contribution in [0.5, 0.6) is 28.7 Å². The van der Waals surface area contributed by atoms with Gasteiger partial charge in [0.15, 0.2) is 11.5 Å². The van der Waals surface area contributed by atoms with Crippen LogP contribution in [0.15, 0.2) is 22.7 Å². The molecule has 1 amide bonds. The molecule has 0 aliphatic rings. The van der Waals surface area contributed by atoms with Crippen LogP contribution in [-0.2, 0) is 6.54 Å². The van der Waals surface area contributed by atoms with E-state index in [-0.39, 0.29) is 28.6 Å². The highest BCUT2D eigenvalue weighted by molar-refractivity contribution is 9.10. The van der Waals surface area contributed by atoms with Crippen molar-refractivity contribution in [1.29, 1.82) is 0 Å². The minimum atomic E-state index is -0.477. The lowest BCUT2D eigenvalue weighted by Gasteiger charge is -2.21. The summed E-state index contributed by atoms with van der Waals surface area (Å²) in [5.41, 5.74) is 0.675. The van der Waals surface area contributed by atoms with Crippen LogP contribution in [0.25, 0.3) is 0 Å². The van der Waals surface area contributed by atoms with E-state index in [2.05, 4.69) is 15.9 Å². The average molecular weight is 461 g/mol. The Bertz CT molecular complexity index is 874. The van der Waals surface area contributed by atoms with Crippen molar-refractivity contribution in [3.63, 3.8) is 0 Å². The maximum absolute atomic E-state index is 12.7. The lowest BCUT2D eigenvalue weighted by atomic mass is 10.1. The number of methoxy groups -OCH3 is 3. The van der Waals surface area contributed by atoms with Gasteiger partial charge in [-0.1, -0.05) is 11.6 Å². The zero-order chi connectivity index (χ0) is 20.3. The number of carbonyl (C=O) groups is 1. The summed E-state index contributed by atoms with van der Waals surface area (Å²) in [5, 5.41) is 19.4. The van der Waals surface area contributed by atoms with Gasteiger partial charge in [-0.25, -0.2) is 0 Å². The van der Waals surface area contributed by atoms with Gasteiger partial charge in [-0.2, -0.15) is 0 Å². The number of carbonyl (C=O) groups excluding carboxylic acids is 1. The number of phenolic OH excluding ortho intramolecular Hbond substituents is 2. The van der Waals surface area contributed by atoms with Gasteiger partial charge in [0.25, 0.3) is 5.91 Å². The van der Waals surface area contributed by atoms with Crippen LogP contribution >= 0.6 is 27.5 Å². The monoisotopic (exact) mass is 459 g/mol. The SMILES string of the molecule is COc1cc(CN(C)C(=O)c2cc(Cl)c(O)cc2O)c(Br)c(OC)c1OC. The predicted molar refractivity (Wildman–Crippen MR) is 104 cm³/mol. The van der Waals surface area contributed by atoms with Crippen LogP contribution in [0.4, 0.5) is 0 Å². The summed E-state index contributed by atoms with van der Waals surface area (Å²) in [4.78, 5) is 14.1. The first-order valence-electron chi connectivity index (χ1n) is 7.69. The normalized spacial score (nSPS) is 10.4. The molecule has 0 aliphatic carbocycles. The summed E-state index contributed by atoms with van der Waals surface area (Å²) >= 11 is 9.31. The molecule has 146 valence electrons. The number of benzene rings is 2. The van der Waals surface area contributed by atoms with E-state index in [1.165, 1.54) is 32.3 Å². The van der Waals surface area contributed by atoms with E-state index in [4.69, 9.17) is 25.8 Å². The molecule has 2 aromatic rings. The van der Waals surface area contributed by atoms with Crippen molar-refractivity contribution in [3.8, 4) is 28.7 Å². The van der Waals surface area contributed by atoms with E-state index in [0.717, 1.165) is 6.07 Å². The minimum absolute atomic E-state index is 0.0242. The molecule has 0 unspecified atom stereocenters. The van der Waals surface area contributed by atoms with Gasteiger partial charge in [-0.3, -0.25) is 4.79 Å². The molecular weight excluding hydrogens is 442 g/mol. The average Bonchev–Trinajstić information content (AvgIpc) is 2.64. The Kier molecular flexibility index (Phi) is 6.67. The zero-order valence-corrected chi connectivity index (χ0v) is 17.5. The number of hydrogen-bond donors (Lipinski definition) is 2. The maximum atomic E-state index is 12.7. The summed E-state index contributed by atoms with van der Waals surface area (Å²) in [6, 6.07) is 3.97. The molecule has 27 heavy (non-hydrogen) atoms. The van der Waals surface area contributed by atoms with Gasteiger partial charge in [0.1, 0.15) is 11.5 Å². The smallest absolute Gasteiger partial charge is 0.257 e. The van der Waals surface area contributed by atoms with Crippen LogP contribution < -0.4 is 14.2 Å². The third-order valence-corrected chi connectivity index (χ3v) is 5.07.